The maximum absolute atomic E-state index is 13.8. The van der Waals surface area contributed by atoms with Crippen molar-refractivity contribution in [3.05, 3.63) is 41.3 Å². The number of carbonyl (C=O) groups is 1. The Labute approximate surface area is 138 Å². The number of carbonyl (C=O) groups excluding carboxylic acids is 1. The minimum atomic E-state index is -0.685. The molecule has 1 amide bonds. The molecule has 4 rings (SSSR count). The predicted octanol–water partition coefficient (Wildman–Crippen LogP) is 2.44. The van der Waals surface area contributed by atoms with Gasteiger partial charge in [0.2, 0.25) is 5.89 Å². The number of halogens is 1. The lowest BCUT2D eigenvalue weighted by atomic mass is 10.1. The third-order valence-electron chi connectivity index (χ3n) is 4.61. The van der Waals surface area contributed by atoms with E-state index < -0.39 is 11.9 Å². The lowest BCUT2D eigenvalue weighted by Crippen LogP contribution is -2.41. The number of fused-ring (bicyclic) bond motifs is 1. The van der Waals surface area contributed by atoms with Crippen LogP contribution in [0.3, 0.4) is 0 Å². The van der Waals surface area contributed by atoms with Crippen molar-refractivity contribution in [2.75, 3.05) is 6.54 Å². The van der Waals surface area contributed by atoms with Crippen LogP contribution in [0, 0.1) is 5.82 Å². The number of aromatic nitrogens is 2. The highest BCUT2D eigenvalue weighted by molar-refractivity contribution is 5.83. The largest absolute Gasteiger partial charge is 0.477 e. The fourth-order valence-electron chi connectivity index (χ4n) is 3.40. The van der Waals surface area contributed by atoms with E-state index in [9.17, 15) is 9.18 Å². The number of likely N-dealkylation sites (tertiary alicyclic amines) is 1. The van der Waals surface area contributed by atoms with Crippen molar-refractivity contribution in [3.8, 4) is 5.75 Å². The molecule has 126 valence electrons. The van der Waals surface area contributed by atoms with E-state index >= 15 is 0 Å². The second kappa shape index (κ2) is 5.89. The van der Waals surface area contributed by atoms with Crippen LogP contribution in [0.2, 0.25) is 0 Å². The molecule has 6 nitrogen and oxygen atoms in total. The average molecular weight is 331 g/mol. The summed E-state index contributed by atoms with van der Waals surface area (Å²) in [7, 11) is 0. The summed E-state index contributed by atoms with van der Waals surface area (Å²) in [6, 6.07) is 4.57. The van der Waals surface area contributed by atoms with Gasteiger partial charge < -0.3 is 14.2 Å². The molecule has 1 fully saturated rings. The van der Waals surface area contributed by atoms with Gasteiger partial charge in [0, 0.05) is 24.9 Å². The van der Waals surface area contributed by atoms with Gasteiger partial charge in [-0.1, -0.05) is 24.2 Å². The number of para-hydroxylation sites is 1. The summed E-state index contributed by atoms with van der Waals surface area (Å²) in [5.41, 5.74) is 0.733. The van der Waals surface area contributed by atoms with Crippen molar-refractivity contribution in [3.63, 3.8) is 0 Å². The summed E-state index contributed by atoms with van der Waals surface area (Å²) >= 11 is 0. The number of ether oxygens (including phenoxy) is 1. The Morgan fingerprint density at radius 2 is 2.33 bits per heavy atom. The van der Waals surface area contributed by atoms with E-state index in [1.54, 1.807) is 17.0 Å². The Morgan fingerprint density at radius 1 is 1.46 bits per heavy atom. The predicted molar refractivity (Wildman–Crippen MR) is 81.9 cm³/mol. The van der Waals surface area contributed by atoms with Crippen LogP contribution in [-0.4, -0.2) is 33.6 Å². The quantitative estimate of drug-likeness (QED) is 0.864. The van der Waals surface area contributed by atoms with E-state index in [1.165, 1.54) is 6.07 Å². The highest BCUT2D eigenvalue weighted by Crippen LogP contribution is 2.35. The van der Waals surface area contributed by atoms with Crippen LogP contribution in [-0.2, 0) is 17.6 Å². The third-order valence-corrected chi connectivity index (χ3v) is 4.61. The number of rotatable bonds is 3. The number of aryl methyl sites for hydroxylation is 1. The number of nitrogens with zero attached hydrogens (tertiary/aromatic N) is 3. The van der Waals surface area contributed by atoms with Crippen molar-refractivity contribution >= 4 is 5.91 Å². The first-order chi connectivity index (χ1) is 11.7. The van der Waals surface area contributed by atoms with Gasteiger partial charge in [-0.05, 0) is 18.9 Å². The van der Waals surface area contributed by atoms with E-state index in [4.69, 9.17) is 9.26 Å². The molecule has 0 bridgehead atoms. The van der Waals surface area contributed by atoms with E-state index in [-0.39, 0.29) is 17.7 Å². The zero-order valence-corrected chi connectivity index (χ0v) is 13.4. The molecule has 0 saturated carbocycles. The molecule has 7 heteroatoms. The Morgan fingerprint density at radius 3 is 3.08 bits per heavy atom. The number of amides is 1. The number of hydrogen-bond donors (Lipinski definition) is 0. The topological polar surface area (TPSA) is 68.5 Å². The molecule has 1 saturated heterocycles. The van der Waals surface area contributed by atoms with Gasteiger partial charge in [0.25, 0.3) is 5.91 Å². The molecule has 2 aliphatic rings. The summed E-state index contributed by atoms with van der Waals surface area (Å²) in [6.07, 6.45) is 2.04. The molecule has 2 aliphatic heterocycles. The summed E-state index contributed by atoms with van der Waals surface area (Å²) in [4.78, 5) is 19.0. The van der Waals surface area contributed by atoms with Crippen molar-refractivity contribution in [1.82, 2.24) is 15.0 Å². The second-order valence-electron chi connectivity index (χ2n) is 6.13. The lowest BCUT2D eigenvalue weighted by Gasteiger charge is -2.25. The number of hydrogen-bond acceptors (Lipinski definition) is 5. The van der Waals surface area contributed by atoms with Crippen LogP contribution in [0.5, 0.6) is 5.75 Å². The van der Waals surface area contributed by atoms with Crippen LogP contribution < -0.4 is 4.74 Å². The Bertz CT molecular complexity index is 776. The fraction of sp³-hybridized carbons (Fsp3) is 0.471. The first-order valence-corrected chi connectivity index (χ1v) is 8.24. The molecule has 3 heterocycles. The summed E-state index contributed by atoms with van der Waals surface area (Å²) in [6.45, 7) is 2.56. The van der Waals surface area contributed by atoms with Crippen LogP contribution in [0.15, 0.2) is 22.7 Å². The molecule has 0 aliphatic carbocycles. The van der Waals surface area contributed by atoms with Crippen molar-refractivity contribution in [2.45, 2.75) is 44.8 Å². The molecule has 2 atom stereocenters. The summed E-state index contributed by atoms with van der Waals surface area (Å²) in [5.74, 6) is 0.734. The van der Waals surface area contributed by atoms with Gasteiger partial charge in [-0.3, -0.25) is 4.79 Å². The van der Waals surface area contributed by atoms with Crippen molar-refractivity contribution in [1.29, 1.82) is 0 Å². The Kier molecular flexibility index (Phi) is 3.70. The summed E-state index contributed by atoms with van der Waals surface area (Å²) in [5, 5.41) is 4.00. The monoisotopic (exact) mass is 331 g/mol. The van der Waals surface area contributed by atoms with E-state index in [0.717, 1.165) is 18.4 Å². The molecular weight excluding hydrogens is 313 g/mol. The minimum absolute atomic E-state index is 0.143. The van der Waals surface area contributed by atoms with Crippen LogP contribution in [0.4, 0.5) is 4.39 Å². The number of benzene rings is 1. The van der Waals surface area contributed by atoms with Gasteiger partial charge in [0.15, 0.2) is 23.5 Å². The Balaban J connectivity index is 1.53. The first-order valence-electron chi connectivity index (χ1n) is 8.24. The van der Waals surface area contributed by atoms with Crippen LogP contribution in [0.1, 0.15) is 43.1 Å². The molecule has 2 aromatic rings. The van der Waals surface area contributed by atoms with E-state index in [2.05, 4.69) is 10.1 Å². The minimum Gasteiger partial charge on any atom is -0.477 e. The van der Waals surface area contributed by atoms with Gasteiger partial charge in [0.1, 0.15) is 0 Å². The highest BCUT2D eigenvalue weighted by Gasteiger charge is 2.40. The molecule has 1 aromatic carbocycles. The maximum Gasteiger partial charge on any atom is 0.264 e. The standard InChI is InChI=1S/C17H18FN3O3/c1-2-14-19-16(20-24-14)12-7-4-8-21(12)17(22)13-9-10-5-3-6-11(18)15(10)23-13/h3,5-6,12-13H,2,4,7-9H2,1H3/t12-,13-/m0/s1. The summed E-state index contributed by atoms with van der Waals surface area (Å²) < 4.78 is 24.6. The van der Waals surface area contributed by atoms with Crippen LogP contribution >= 0.6 is 0 Å². The molecule has 0 unspecified atom stereocenters. The van der Waals surface area contributed by atoms with E-state index in [1.807, 2.05) is 6.92 Å². The molecule has 0 radical (unpaired) electrons. The fourth-order valence-corrected chi connectivity index (χ4v) is 3.40. The smallest absolute Gasteiger partial charge is 0.264 e. The Hall–Kier alpha value is -2.44. The molecular formula is C17H18FN3O3. The molecule has 0 spiro atoms. The zero-order valence-electron chi connectivity index (χ0n) is 13.4. The molecule has 24 heavy (non-hydrogen) atoms. The normalized spacial score (nSPS) is 22.5. The van der Waals surface area contributed by atoms with Gasteiger partial charge >= 0.3 is 0 Å². The third kappa shape index (κ3) is 2.44. The second-order valence-corrected chi connectivity index (χ2v) is 6.13. The lowest BCUT2D eigenvalue weighted by molar-refractivity contribution is -0.139. The molecule has 0 N–H and O–H groups in total. The van der Waals surface area contributed by atoms with Crippen molar-refractivity contribution < 1.29 is 18.4 Å². The van der Waals surface area contributed by atoms with Gasteiger partial charge in [-0.15, -0.1) is 0 Å². The first kappa shape index (κ1) is 15.1. The molecule has 1 aromatic heterocycles. The van der Waals surface area contributed by atoms with Gasteiger partial charge in [0.05, 0.1) is 6.04 Å². The average Bonchev–Trinajstić information content (AvgIpc) is 3.31. The van der Waals surface area contributed by atoms with Crippen molar-refractivity contribution in [2.24, 2.45) is 0 Å². The van der Waals surface area contributed by atoms with E-state index in [0.29, 0.717) is 31.1 Å². The highest BCUT2D eigenvalue weighted by atomic mass is 19.1. The zero-order chi connectivity index (χ0) is 16.7. The van der Waals surface area contributed by atoms with Crippen LogP contribution in [0.25, 0.3) is 0 Å². The van der Waals surface area contributed by atoms with Gasteiger partial charge in [-0.25, -0.2) is 4.39 Å². The van der Waals surface area contributed by atoms with Gasteiger partial charge in [-0.2, -0.15) is 4.98 Å². The SMILES string of the molecule is CCc1nc([C@@H]2CCCN2C(=O)[C@@H]2Cc3cccc(F)c3O2)no1. The maximum atomic E-state index is 13.8.